The van der Waals surface area contributed by atoms with Crippen molar-refractivity contribution in [3.05, 3.63) is 63.2 Å². The van der Waals surface area contributed by atoms with Crippen LogP contribution in [0, 0.1) is 10.1 Å². The first-order valence-electron chi connectivity index (χ1n) is 7.82. The molecule has 0 bridgehead atoms. The van der Waals surface area contributed by atoms with Crippen molar-refractivity contribution in [2.45, 2.75) is 19.3 Å². The van der Waals surface area contributed by atoms with Gasteiger partial charge in [0.2, 0.25) is 0 Å². The van der Waals surface area contributed by atoms with Gasteiger partial charge < -0.3 is 9.47 Å². The average Bonchev–Trinajstić information content (AvgIpc) is 2.82. The number of hydrogen-bond donors (Lipinski definition) is 0. The maximum Gasteiger partial charge on any atom is 0.280 e. The van der Waals surface area contributed by atoms with E-state index in [2.05, 4.69) is 6.08 Å². The highest BCUT2D eigenvalue weighted by Crippen LogP contribution is 2.36. The number of benzene rings is 2. The van der Waals surface area contributed by atoms with E-state index in [-0.39, 0.29) is 10.6 Å². The molecule has 24 heavy (non-hydrogen) atoms. The van der Waals surface area contributed by atoms with Crippen LogP contribution < -0.4 is 9.47 Å². The van der Waals surface area contributed by atoms with Crippen LogP contribution in [0.3, 0.4) is 0 Å². The lowest BCUT2D eigenvalue weighted by atomic mass is 9.98. The Morgan fingerprint density at radius 2 is 1.71 bits per heavy atom. The molecule has 0 saturated carbocycles. The van der Waals surface area contributed by atoms with Gasteiger partial charge in [0.25, 0.3) is 5.69 Å². The van der Waals surface area contributed by atoms with E-state index >= 15 is 0 Å². The van der Waals surface area contributed by atoms with E-state index in [0.717, 1.165) is 36.1 Å². The second kappa shape index (κ2) is 6.74. The summed E-state index contributed by atoms with van der Waals surface area (Å²) < 4.78 is 10.4. The van der Waals surface area contributed by atoms with Gasteiger partial charge in [-0.25, -0.2) is 0 Å². The maximum absolute atomic E-state index is 11.5. The molecule has 0 heterocycles. The number of rotatable bonds is 4. The highest BCUT2D eigenvalue weighted by atomic mass is 16.6. The van der Waals surface area contributed by atoms with Gasteiger partial charge in [-0.15, -0.1) is 0 Å². The van der Waals surface area contributed by atoms with Crippen LogP contribution >= 0.6 is 0 Å². The van der Waals surface area contributed by atoms with Crippen molar-refractivity contribution in [3.8, 4) is 11.5 Å². The summed E-state index contributed by atoms with van der Waals surface area (Å²) in [5, 5.41) is 11.5. The number of methoxy groups -OCH3 is 2. The van der Waals surface area contributed by atoms with Crippen LogP contribution in [0.5, 0.6) is 11.5 Å². The van der Waals surface area contributed by atoms with Gasteiger partial charge in [-0.2, -0.15) is 0 Å². The molecule has 0 spiro atoms. The molecule has 0 saturated heterocycles. The molecule has 0 atom stereocenters. The van der Waals surface area contributed by atoms with E-state index in [1.807, 2.05) is 18.2 Å². The fourth-order valence-corrected chi connectivity index (χ4v) is 3.07. The molecule has 2 aromatic rings. The predicted octanol–water partition coefficient (Wildman–Crippen LogP) is 4.49. The van der Waals surface area contributed by atoms with E-state index in [0.29, 0.717) is 11.3 Å². The molecule has 0 fully saturated rings. The van der Waals surface area contributed by atoms with Gasteiger partial charge in [0.1, 0.15) is 11.5 Å². The van der Waals surface area contributed by atoms with E-state index in [1.165, 1.54) is 18.7 Å². The number of nitro benzene ring substituents is 1. The monoisotopic (exact) mass is 325 g/mol. The zero-order valence-electron chi connectivity index (χ0n) is 13.7. The topological polar surface area (TPSA) is 61.6 Å². The summed E-state index contributed by atoms with van der Waals surface area (Å²) in [6.07, 6.45) is 4.71. The van der Waals surface area contributed by atoms with Crippen LogP contribution in [0.4, 0.5) is 5.69 Å². The lowest BCUT2D eigenvalue weighted by Crippen LogP contribution is -1.96. The zero-order valence-corrected chi connectivity index (χ0v) is 13.7. The first-order valence-corrected chi connectivity index (χ1v) is 7.82. The second-order valence-electron chi connectivity index (χ2n) is 5.73. The minimum atomic E-state index is -0.349. The van der Waals surface area contributed by atoms with Gasteiger partial charge in [-0.05, 0) is 60.2 Å². The smallest absolute Gasteiger partial charge is 0.280 e. The quantitative estimate of drug-likeness (QED) is 0.614. The van der Waals surface area contributed by atoms with Crippen LogP contribution in [-0.4, -0.2) is 19.1 Å². The maximum atomic E-state index is 11.5. The van der Waals surface area contributed by atoms with Crippen molar-refractivity contribution in [2.75, 3.05) is 14.2 Å². The van der Waals surface area contributed by atoms with Crippen molar-refractivity contribution >= 4 is 17.3 Å². The molecule has 0 unspecified atom stereocenters. The summed E-state index contributed by atoms with van der Waals surface area (Å²) in [5.41, 5.74) is 4.02. The summed E-state index contributed by atoms with van der Waals surface area (Å²) in [7, 11) is 3.16. The van der Waals surface area contributed by atoms with E-state index < -0.39 is 0 Å². The van der Waals surface area contributed by atoms with Crippen LogP contribution in [-0.2, 0) is 6.42 Å². The molecule has 3 rings (SSSR count). The number of hydrogen-bond acceptors (Lipinski definition) is 4. The largest absolute Gasteiger partial charge is 0.497 e. The molecule has 1 aliphatic carbocycles. The minimum absolute atomic E-state index is 0.0811. The van der Waals surface area contributed by atoms with Crippen LogP contribution in [0.25, 0.3) is 11.6 Å². The Hall–Kier alpha value is -2.82. The summed E-state index contributed by atoms with van der Waals surface area (Å²) in [4.78, 5) is 11.1. The molecule has 0 aromatic heterocycles. The standard InChI is InChI=1S/C19H19NO4/c1-23-16-7-6-14-10-15(5-3-4-13(14)11-16)18-9-8-17(24-2)12-19(18)20(21)22/h6-12H,3-5H2,1-2H3. The normalized spacial score (nSPS) is 13.5. The van der Waals surface area contributed by atoms with Gasteiger partial charge in [0.05, 0.1) is 30.8 Å². The number of aryl methyl sites for hydroxylation is 1. The molecule has 0 radical (unpaired) electrons. The number of fused-ring (bicyclic) bond motifs is 1. The van der Waals surface area contributed by atoms with Gasteiger partial charge in [0, 0.05) is 0 Å². The Morgan fingerprint density at radius 3 is 2.42 bits per heavy atom. The van der Waals surface area contributed by atoms with Crippen molar-refractivity contribution in [1.82, 2.24) is 0 Å². The molecule has 2 aromatic carbocycles. The van der Waals surface area contributed by atoms with Crippen LogP contribution in [0.2, 0.25) is 0 Å². The Morgan fingerprint density at radius 1 is 1.00 bits per heavy atom. The van der Waals surface area contributed by atoms with Crippen LogP contribution in [0.1, 0.15) is 29.5 Å². The third-order valence-corrected chi connectivity index (χ3v) is 4.32. The highest BCUT2D eigenvalue weighted by molar-refractivity contribution is 5.86. The van der Waals surface area contributed by atoms with Crippen molar-refractivity contribution in [1.29, 1.82) is 0 Å². The van der Waals surface area contributed by atoms with Crippen molar-refractivity contribution in [3.63, 3.8) is 0 Å². The summed E-state index contributed by atoms with van der Waals surface area (Å²) in [6, 6.07) is 11.0. The molecule has 124 valence electrons. The van der Waals surface area contributed by atoms with E-state index in [9.17, 15) is 10.1 Å². The zero-order chi connectivity index (χ0) is 17.1. The molecule has 0 amide bonds. The predicted molar refractivity (Wildman–Crippen MR) is 93.5 cm³/mol. The molecule has 0 aliphatic heterocycles. The fourth-order valence-electron chi connectivity index (χ4n) is 3.07. The molecule has 0 N–H and O–H groups in total. The third kappa shape index (κ3) is 3.11. The Balaban J connectivity index is 2.08. The first-order chi connectivity index (χ1) is 11.6. The SMILES string of the molecule is COc1ccc2c(c1)CCCC(c1ccc(OC)cc1[N+](=O)[O-])=C2. The molecule has 1 aliphatic rings. The van der Waals surface area contributed by atoms with Gasteiger partial charge in [-0.1, -0.05) is 12.1 Å². The number of nitrogens with zero attached hydrogens (tertiary/aromatic N) is 1. The molecule has 5 heteroatoms. The molecular weight excluding hydrogens is 306 g/mol. The molecular formula is C19H19NO4. The third-order valence-electron chi connectivity index (χ3n) is 4.32. The van der Waals surface area contributed by atoms with E-state index in [1.54, 1.807) is 19.2 Å². The highest BCUT2D eigenvalue weighted by Gasteiger charge is 2.20. The first kappa shape index (κ1) is 16.1. The van der Waals surface area contributed by atoms with Crippen molar-refractivity contribution in [2.24, 2.45) is 0 Å². The Labute approximate surface area is 140 Å². The number of nitro groups is 1. The summed E-state index contributed by atoms with van der Waals surface area (Å²) in [6.45, 7) is 0. The Kier molecular flexibility index (Phi) is 4.51. The fraction of sp³-hybridized carbons (Fsp3) is 0.263. The van der Waals surface area contributed by atoms with Crippen LogP contribution in [0.15, 0.2) is 36.4 Å². The number of ether oxygens (including phenoxy) is 2. The molecule has 5 nitrogen and oxygen atoms in total. The lowest BCUT2D eigenvalue weighted by molar-refractivity contribution is -0.385. The van der Waals surface area contributed by atoms with E-state index in [4.69, 9.17) is 9.47 Å². The van der Waals surface area contributed by atoms with Gasteiger partial charge in [-0.3, -0.25) is 10.1 Å². The Bertz CT molecular complexity index is 811. The summed E-state index contributed by atoms with van der Waals surface area (Å²) >= 11 is 0. The second-order valence-corrected chi connectivity index (χ2v) is 5.73. The van der Waals surface area contributed by atoms with Crippen molar-refractivity contribution < 1.29 is 14.4 Å². The number of allylic oxidation sites excluding steroid dienone is 1. The van der Waals surface area contributed by atoms with Gasteiger partial charge in [0.15, 0.2) is 0 Å². The van der Waals surface area contributed by atoms with Gasteiger partial charge >= 0.3 is 0 Å². The summed E-state index contributed by atoms with van der Waals surface area (Å²) in [5.74, 6) is 1.32. The lowest BCUT2D eigenvalue weighted by Gasteiger charge is -2.08. The minimum Gasteiger partial charge on any atom is -0.497 e. The average molecular weight is 325 g/mol.